The van der Waals surface area contributed by atoms with Crippen LogP contribution in [0.5, 0.6) is 0 Å². The molecule has 0 saturated carbocycles. The standard InChI is InChI=1S/C17H21NO2/c1-3-4-5-6-7-14-12-16(19)20-17(14)18-15-10-8-13(2)9-11-15/h8-12H,3-7H2,1-2H3. The van der Waals surface area contributed by atoms with E-state index in [0.717, 1.165) is 24.1 Å². The van der Waals surface area contributed by atoms with Crippen molar-refractivity contribution >= 4 is 17.6 Å². The molecule has 0 aromatic heterocycles. The van der Waals surface area contributed by atoms with Crippen LogP contribution in [0.2, 0.25) is 0 Å². The molecule has 20 heavy (non-hydrogen) atoms. The largest absolute Gasteiger partial charge is 0.404 e. The zero-order chi connectivity index (χ0) is 14.4. The molecule has 2 rings (SSSR count). The number of carbonyl (C=O) groups excluding carboxylic acids is 1. The van der Waals surface area contributed by atoms with Gasteiger partial charge in [-0.05, 0) is 31.9 Å². The quantitative estimate of drug-likeness (QED) is 0.565. The molecule has 0 unspecified atom stereocenters. The van der Waals surface area contributed by atoms with Crippen molar-refractivity contribution in [2.24, 2.45) is 4.99 Å². The van der Waals surface area contributed by atoms with Crippen molar-refractivity contribution in [3.8, 4) is 0 Å². The van der Waals surface area contributed by atoms with E-state index >= 15 is 0 Å². The molecule has 0 aliphatic carbocycles. The second-order valence-corrected chi connectivity index (χ2v) is 5.15. The van der Waals surface area contributed by atoms with Crippen LogP contribution in [0.3, 0.4) is 0 Å². The van der Waals surface area contributed by atoms with Gasteiger partial charge < -0.3 is 4.74 Å². The Morgan fingerprint density at radius 2 is 1.85 bits per heavy atom. The van der Waals surface area contributed by atoms with Gasteiger partial charge in [0.1, 0.15) is 0 Å². The van der Waals surface area contributed by atoms with E-state index in [-0.39, 0.29) is 5.97 Å². The van der Waals surface area contributed by atoms with Gasteiger partial charge in [-0.2, -0.15) is 0 Å². The van der Waals surface area contributed by atoms with Crippen LogP contribution in [0.4, 0.5) is 5.69 Å². The van der Waals surface area contributed by atoms with Crippen LogP contribution in [-0.2, 0) is 9.53 Å². The van der Waals surface area contributed by atoms with E-state index in [9.17, 15) is 4.79 Å². The van der Waals surface area contributed by atoms with Crippen molar-refractivity contribution in [1.29, 1.82) is 0 Å². The van der Waals surface area contributed by atoms with Crippen molar-refractivity contribution in [3.63, 3.8) is 0 Å². The highest BCUT2D eigenvalue weighted by atomic mass is 16.5. The lowest BCUT2D eigenvalue weighted by molar-refractivity contribution is -0.129. The maximum atomic E-state index is 11.4. The minimum atomic E-state index is -0.304. The number of hydrogen-bond acceptors (Lipinski definition) is 3. The summed E-state index contributed by atoms with van der Waals surface area (Å²) >= 11 is 0. The summed E-state index contributed by atoms with van der Waals surface area (Å²) in [6.07, 6.45) is 7.11. The van der Waals surface area contributed by atoms with E-state index < -0.39 is 0 Å². The van der Waals surface area contributed by atoms with Crippen LogP contribution in [0.1, 0.15) is 44.6 Å². The van der Waals surface area contributed by atoms with Gasteiger partial charge in [0.25, 0.3) is 0 Å². The normalized spacial score (nSPS) is 16.4. The Kier molecular flexibility index (Phi) is 5.10. The van der Waals surface area contributed by atoms with Crippen molar-refractivity contribution in [3.05, 3.63) is 41.5 Å². The molecule has 1 aromatic rings. The fraction of sp³-hybridized carbons (Fsp3) is 0.412. The number of rotatable bonds is 6. The molecular weight excluding hydrogens is 250 g/mol. The molecule has 0 amide bonds. The van der Waals surface area contributed by atoms with Crippen LogP contribution >= 0.6 is 0 Å². The maximum Gasteiger partial charge on any atom is 0.337 e. The third-order valence-corrected chi connectivity index (χ3v) is 3.33. The molecule has 106 valence electrons. The summed E-state index contributed by atoms with van der Waals surface area (Å²) in [4.78, 5) is 15.9. The lowest BCUT2D eigenvalue weighted by Crippen LogP contribution is -2.03. The third kappa shape index (κ3) is 4.05. The lowest BCUT2D eigenvalue weighted by atomic mass is 10.1. The molecule has 3 nitrogen and oxygen atoms in total. The summed E-state index contributed by atoms with van der Waals surface area (Å²) < 4.78 is 5.18. The minimum absolute atomic E-state index is 0.304. The highest BCUT2D eigenvalue weighted by Gasteiger charge is 2.21. The second kappa shape index (κ2) is 7.04. The average Bonchev–Trinajstić information content (AvgIpc) is 2.77. The molecule has 0 saturated heterocycles. The van der Waals surface area contributed by atoms with E-state index in [1.165, 1.54) is 24.8 Å². The zero-order valence-electron chi connectivity index (χ0n) is 12.2. The van der Waals surface area contributed by atoms with Crippen LogP contribution in [0, 0.1) is 6.92 Å². The lowest BCUT2D eigenvalue weighted by Gasteiger charge is -2.04. The van der Waals surface area contributed by atoms with Gasteiger partial charge in [0.05, 0.1) is 5.69 Å². The van der Waals surface area contributed by atoms with Crippen molar-refractivity contribution in [2.45, 2.75) is 46.0 Å². The Morgan fingerprint density at radius 3 is 2.55 bits per heavy atom. The highest BCUT2D eigenvalue weighted by Crippen LogP contribution is 2.22. The summed E-state index contributed by atoms with van der Waals surface area (Å²) in [5.74, 6) is 0.164. The molecule has 0 spiro atoms. The first kappa shape index (κ1) is 14.5. The number of cyclic esters (lactones) is 1. The fourth-order valence-electron chi connectivity index (χ4n) is 2.15. The van der Waals surface area contributed by atoms with Gasteiger partial charge in [-0.25, -0.2) is 9.79 Å². The molecule has 0 fully saturated rings. The molecule has 0 atom stereocenters. The summed E-state index contributed by atoms with van der Waals surface area (Å²) in [5, 5.41) is 0. The van der Waals surface area contributed by atoms with Gasteiger partial charge in [-0.15, -0.1) is 0 Å². The maximum absolute atomic E-state index is 11.4. The number of benzene rings is 1. The van der Waals surface area contributed by atoms with Gasteiger partial charge in [-0.1, -0.05) is 43.9 Å². The molecule has 1 aliphatic heterocycles. The topological polar surface area (TPSA) is 38.7 Å². The molecule has 1 heterocycles. The Balaban J connectivity index is 2.04. The molecule has 1 aliphatic rings. The Bertz CT molecular complexity index is 526. The summed E-state index contributed by atoms with van der Waals surface area (Å²) in [6, 6.07) is 7.87. The number of nitrogens with zero attached hydrogens (tertiary/aromatic N) is 1. The molecule has 0 N–H and O–H groups in total. The first-order valence-electron chi connectivity index (χ1n) is 7.27. The first-order valence-corrected chi connectivity index (χ1v) is 7.27. The van der Waals surface area contributed by atoms with Crippen LogP contribution in [0.15, 0.2) is 40.9 Å². The number of unbranched alkanes of at least 4 members (excludes halogenated alkanes) is 3. The minimum Gasteiger partial charge on any atom is -0.404 e. The molecule has 1 aromatic carbocycles. The van der Waals surface area contributed by atoms with Crippen LogP contribution in [0.25, 0.3) is 0 Å². The van der Waals surface area contributed by atoms with Gasteiger partial charge >= 0.3 is 5.97 Å². The summed E-state index contributed by atoms with van der Waals surface area (Å²) in [6.45, 7) is 4.22. The predicted octanol–water partition coefficient (Wildman–Crippen LogP) is 4.48. The number of aliphatic imine (C=N–C) groups is 1. The van der Waals surface area contributed by atoms with Gasteiger partial charge in [0.2, 0.25) is 5.90 Å². The van der Waals surface area contributed by atoms with Crippen LogP contribution < -0.4 is 0 Å². The van der Waals surface area contributed by atoms with Crippen molar-refractivity contribution in [1.82, 2.24) is 0 Å². The van der Waals surface area contributed by atoms with E-state index in [0.29, 0.717) is 5.90 Å². The molecule has 0 radical (unpaired) electrons. The molecule has 3 heteroatoms. The monoisotopic (exact) mass is 271 g/mol. The Morgan fingerprint density at radius 1 is 1.10 bits per heavy atom. The Hall–Kier alpha value is -1.90. The number of hydrogen-bond donors (Lipinski definition) is 0. The predicted molar refractivity (Wildman–Crippen MR) is 81.2 cm³/mol. The fourth-order valence-corrected chi connectivity index (χ4v) is 2.15. The smallest absolute Gasteiger partial charge is 0.337 e. The van der Waals surface area contributed by atoms with E-state index in [1.807, 2.05) is 31.2 Å². The summed E-state index contributed by atoms with van der Waals surface area (Å²) in [7, 11) is 0. The SMILES string of the molecule is CCCCCCC1=CC(=O)OC1=Nc1ccc(C)cc1. The Labute approximate surface area is 120 Å². The van der Waals surface area contributed by atoms with E-state index in [4.69, 9.17) is 4.74 Å². The average molecular weight is 271 g/mol. The van der Waals surface area contributed by atoms with Crippen molar-refractivity contribution in [2.75, 3.05) is 0 Å². The first-order chi connectivity index (χ1) is 9.69. The van der Waals surface area contributed by atoms with Gasteiger partial charge in [-0.3, -0.25) is 0 Å². The second-order valence-electron chi connectivity index (χ2n) is 5.15. The van der Waals surface area contributed by atoms with Crippen LogP contribution in [-0.4, -0.2) is 11.9 Å². The van der Waals surface area contributed by atoms with Crippen molar-refractivity contribution < 1.29 is 9.53 Å². The number of carbonyl (C=O) groups is 1. The van der Waals surface area contributed by atoms with E-state index in [2.05, 4.69) is 11.9 Å². The molecule has 0 bridgehead atoms. The third-order valence-electron chi connectivity index (χ3n) is 3.33. The number of esters is 1. The van der Waals surface area contributed by atoms with Gasteiger partial charge in [0.15, 0.2) is 0 Å². The number of ether oxygens (including phenoxy) is 1. The zero-order valence-corrected chi connectivity index (χ0v) is 12.2. The summed E-state index contributed by atoms with van der Waals surface area (Å²) in [5.41, 5.74) is 2.93. The number of aryl methyl sites for hydroxylation is 1. The highest BCUT2D eigenvalue weighted by molar-refractivity contribution is 6.12. The molecular formula is C17H21NO2. The van der Waals surface area contributed by atoms with Gasteiger partial charge in [0, 0.05) is 11.6 Å². The van der Waals surface area contributed by atoms with E-state index in [1.54, 1.807) is 6.08 Å².